The molecule has 144 valence electrons. The van der Waals surface area contributed by atoms with Crippen molar-refractivity contribution in [3.63, 3.8) is 0 Å². The largest absolute Gasteiger partial charge is 0.378 e. The summed E-state index contributed by atoms with van der Waals surface area (Å²) >= 11 is 1.38. The van der Waals surface area contributed by atoms with Gasteiger partial charge in [0.25, 0.3) is 0 Å². The molecule has 0 radical (unpaired) electrons. The van der Waals surface area contributed by atoms with Gasteiger partial charge in [-0.15, -0.1) is 0 Å². The summed E-state index contributed by atoms with van der Waals surface area (Å²) in [4.78, 5) is 19.8. The summed E-state index contributed by atoms with van der Waals surface area (Å²) in [5.74, 6) is 6.23. The summed E-state index contributed by atoms with van der Waals surface area (Å²) in [6.45, 7) is 2.35. The number of ether oxygens (including phenoxy) is 1. The lowest BCUT2D eigenvalue weighted by molar-refractivity contribution is -0.134. The molecule has 2 N–H and O–H groups in total. The highest BCUT2D eigenvalue weighted by atomic mass is 32.2. The summed E-state index contributed by atoms with van der Waals surface area (Å²) in [5.41, 5.74) is 2.72. The van der Waals surface area contributed by atoms with Gasteiger partial charge < -0.3 is 15.5 Å². The highest BCUT2D eigenvalue weighted by Gasteiger charge is 2.29. The van der Waals surface area contributed by atoms with Crippen molar-refractivity contribution in [2.75, 3.05) is 32.1 Å². The molecule has 2 aromatic carbocycles. The number of hydrogen-bond acceptors (Lipinski definition) is 5. The van der Waals surface area contributed by atoms with Gasteiger partial charge in [-0.3, -0.25) is 4.79 Å². The molecule has 1 aliphatic heterocycles. The number of thioether (sulfide) groups is 1. The summed E-state index contributed by atoms with van der Waals surface area (Å²) in [5, 5.41) is 0.196. The van der Waals surface area contributed by atoms with Gasteiger partial charge in [-0.2, -0.15) is 0 Å². The fourth-order valence-electron chi connectivity index (χ4n) is 3.16. The van der Waals surface area contributed by atoms with Crippen LogP contribution in [0.1, 0.15) is 10.8 Å². The first-order chi connectivity index (χ1) is 13.7. The van der Waals surface area contributed by atoms with Gasteiger partial charge in [-0.05, 0) is 5.56 Å². The average Bonchev–Trinajstić information content (AvgIpc) is 3.14. The third-order valence-corrected chi connectivity index (χ3v) is 5.86. The van der Waals surface area contributed by atoms with Crippen LogP contribution in [0.4, 0.5) is 0 Å². The van der Waals surface area contributed by atoms with Gasteiger partial charge in [-0.25, -0.2) is 9.66 Å². The number of carbonyl (C=O) groups excluding carboxylic acids is 1. The van der Waals surface area contributed by atoms with Crippen LogP contribution in [-0.2, 0) is 9.53 Å². The minimum atomic E-state index is -0.410. The van der Waals surface area contributed by atoms with Crippen molar-refractivity contribution in [1.29, 1.82) is 0 Å². The Morgan fingerprint density at radius 1 is 1.04 bits per heavy atom. The van der Waals surface area contributed by atoms with Crippen LogP contribution in [0.25, 0.3) is 11.3 Å². The molecule has 4 rings (SSSR count). The molecule has 6 nitrogen and oxygen atoms in total. The summed E-state index contributed by atoms with van der Waals surface area (Å²) in [6, 6.07) is 19.6. The highest BCUT2D eigenvalue weighted by molar-refractivity contribution is 8.00. The number of rotatable bonds is 5. The zero-order valence-electron chi connectivity index (χ0n) is 15.4. The van der Waals surface area contributed by atoms with Crippen molar-refractivity contribution in [3.05, 3.63) is 72.4 Å². The number of hydrogen-bond donors (Lipinski definition) is 1. The fourth-order valence-corrected chi connectivity index (χ4v) is 4.24. The Bertz CT molecular complexity index is 924. The molecule has 1 fully saturated rings. The molecule has 0 aliphatic carbocycles. The molecule has 1 aromatic heterocycles. The van der Waals surface area contributed by atoms with Gasteiger partial charge in [0.05, 0.1) is 25.1 Å². The molecule has 28 heavy (non-hydrogen) atoms. The number of nitrogen functional groups attached to an aromatic ring is 1. The van der Waals surface area contributed by atoms with Crippen LogP contribution < -0.4 is 5.84 Å². The van der Waals surface area contributed by atoms with Crippen LogP contribution in [-0.4, -0.2) is 46.8 Å². The zero-order chi connectivity index (χ0) is 19.3. The number of carbonyl (C=O) groups is 1. The van der Waals surface area contributed by atoms with E-state index >= 15 is 0 Å². The second-order valence-electron chi connectivity index (χ2n) is 6.53. The standard InChI is InChI=1S/C21H22N4O2S/c22-25-15-18(16-7-3-1-4-8-16)23-21(25)28-19(17-9-5-2-6-10-17)20(26)24-11-13-27-14-12-24/h1-10,15,19H,11-14,22H2/t19-/m0/s1. The smallest absolute Gasteiger partial charge is 0.240 e. The van der Waals surface area contributed by atoms with Crippen LogP contribution in [0.3, 0.4) is 0 Å². The maximum atomic E-state index is 13.3. The Balaban J connectivity index is 1.63. The Kier molecular flexibility index (Phi) is 5.64. The van der Waals surface area contributed by atoms with E-state index in [1.54, 1.807) is 6.20 Å². The number of morpholine rings is 1. The van der Waals surface area contributed by atoms with Crippen molar-refractivity contribution in [3.8, 4) is 11.3 Å². The lowest BCUT2D eigenvalue weighted by Gasteiger charge is -2.30. The lowest BCUT2D eigenvalue weighted by atomic mass is 10.1. The first-order valence-electron chi connectivity index (χ1n) is 9.20. The number of imidazole rings is 1. The Morgan fingerprint density at radius 2 is 1.68 bits per heavy atom. The maximum absolute atomic E-state index is 13.3. The van der Waals surface area contributed by atoms with E-state index in [0.717, 1.165) is 16.8 Å². The molecule has 0 unspecified atom stereocenters. The molecular formula is C21H22N4O2S. The second kappa shape index (κ2) is 8.50. The van der Waals surface area contributed by atoms with E-state index in [2.05, 4.69) is 4.98 Å². The quantitative estimate of drug-likeness (QED) is 0.532. The van der Waals surface area contributed by atoms with Gasteiger partial charge in [0, 0.05) is 18.7 Å². The normalized spacial score (nSPS) is 15.4. The zero-order valence-corrected chi connectivity index (χ0v) is 16.2. The van der Waals surface area contributed by atoms with E-state index in [1.165, 1.54) is 16.4 Å². The van der Waals surface area contributed by atoms with Crippen LogP contribution in [0.15, 0.2) is 72.0 Å². The van der Waals surface area contributed by atoms with Crippen molar-refractivity contribution >= 4 is 17.7 Å². The van der Waals surface area contributed by atoms with Crippen molar-refractivity contribution in [1.82, 2.24) is 14.6 Å². The predicted molar refractivity (Wildman–Crippen MR) is 110 cm³/mol. The highest BCUT2D eigenvalue weighted by Crippen LogP contribution is 2.37. The van der Waals surface area contributed by atoms with E-state index in [0.29, 0.717) is 31.5 Å². The molecule has 2 heterocycles. The number of benzene rings is 2. The molecule has 0 saturated carbocycles. The van der Waals surface area contributed by atoms with Crippen molar-refractivity contribution in [2.24, 2.45) is 0 Å². The number of amides is 1. The molecule has 1 amide bonds. The SMILES string of the molecule is Nn1cc(-c2ccccc2)nc1S[C@H](C(=O)N1CCOCC1)c1ccccc1. The minimum Gasteiger partial charge on any atom is -0.378 e. The summed E-state index contributed by atoms with van der Waals surface area (Å²) < 4.78 is 6.88. The first kappa shape index (κ1) is 18.6. The van der Waals surface area contributed by atoms with Gasteiger partial charge in [0.15, 0.2) is 5.16 Å². The van der Waals surface area contributed by atoms with E-state index < -0.39 is 5.25 Å². The summed E-state index contributed by atoms with van der Waals surface area (Å²) in [6.07, 6.45) is 1.79. The van der Waals surface area contributed by atoms with E-state index in [-0.39, 0.29) is 5.91 Å². The van der Waals surface area contributed by atoms with Crippen molar-refractivity contribution in [2.45, 2.75) is 10.4 Å². The monoisotopic (exact) mass is 394 g/mol. The molecule has 1 atom stereocenters. The Labute approximate surface area is 168 Å². The van der Waals surface area contributed by atoms with E-state index in [1.807, 2.05) is 65.6 Å². The van der Waals surface area contributed by atoms with Gasteiger partial charge in [-0.1, -0.05) is 72.4 Å². The lowest BCUT2D eigenvalue weighted by Crippen LogP contribution is -2.42. The molecule has 1 aliphatic rings. The maximum Gasteiger partial charge on any atom is 0.240 e. The van der Waals surface area contributed by atoms with Gasteiger partial charge >= 0.3 is 0 Å². The summed E-state index contributed by atoms with van der Waals surface area (Å²) in [7, 11) is 0. The molecule has 0 bridgehead atoms. The number of aromatic nitrogens is 2. The Morgan fingerprint density at radius 3 is 2.36 bits per heavy atom. The second-order valence-corrected chi connectivity index (χ2v) is 7.60. The van der Waals surface area contributed by atoms with Crippen LogP contribution >= 0.6 is 11.8 Å². The fraction of sp³-hybridized carbons (Fsp3) is 0.238. The van der Waals surface area contributed by atoms with Crippen LogP contribution in [0, 0.1) is 0 Å². The molecule has 3 aromatic rings. The minimum absolute atomic E-state index is 0.0590. The van der Waals surface area contributed by atoms with Gasteiger partial charge in [0.2, 0.25) is 5.91 Å². The molecule has 0 spiro atoms. The number of nitrogens with zero attached hydrogens (tertiary/aromatic N) is 3. The van der Waals surface area contributed by atoms with Crippen molar-refractivity contribution < 1.29 is 9.53 Å². The van der Waals surface area contributed by atoms with E-state index in [9.17, 15) is 4.79 Å². The predicted octanol–water partition coefficient (Wildman–Crippen LogP) is 2.96. The Hall–Kier alpha value is -2.77. The average molecular weight is 395 g/mol. The van der Waals surface area contributed by atoms with Gasteiger partial charge in [0.1, 0.15) is 5.25 Å². The number of nitrogens with two attached hydrogens (primary N) is 1. The van der Waals surface area contributed by atoms with Crippen LogP contribution in [0.2, 0.25) is 0 Å². The molecule has 7 heteroatoms. The first-order valence-corrected chi connectivity index (χ1v) is 10.1. The third kappa shape index (κ3) is 4.05. The van der Waals surface area contributed by atoms with E-state index in [4.69, 9.17) is 10.6 Å². The van der Waals surface area contributed by atoms with Crippen LogP contribution in [0.5, 0.6) is 0 Å². The molecule has 1 saturated heterocycles. The third-order valence-electron chi connectivity index (χ3n) is 4.64. The molecular weight excluding hydrogens is 372 g/mol. The topological polar surface area (TPSA) is 73.4 Å².